The molecule has 0 N–H and O–H groups in total. The summed E-state index contributed by atoms with van der Waals surface area (Å²) in [4.78, 5) is 66.8. The van der Waals surface area contributed by atoms with E-state index in [0.29, 0.717) is 19.4 Å². The highest BCUT2D eigenvalue weighted by molar-refractivity contribution is 5.93. The average Bonchev–Trinajstić information content (AvgIpc) is 3.40. The van der Waals surface area contributed by atoms with Crippen LogP contribution in [-0.4, -0.2) is 71.8 Å². The van der Waals surface area contributed by atoms with Crippen LogP contribution >= 0.6 is 0 Å². The second-order valence-electron chi connectivity index (χ2n) is 13.0. The molecule has 6 atom stereocenters. The van der Waals surface area contributed by atoms with E-state index in [9.17, 15) is 24.0 Å². The number of ether oxygens (including phenoxy) is 3. The number of fused-ring (bicyclic) bond motifs is 3. The topological polar surface area (TPSA) is 116 Å². The summed E-state index contributed by atoms with van der Waals surface area (Å²) in [6.07, 6.45) is 8.79. The predicted octanol–water partition coefficient (Wildman–Crippen LogP) is 4.96. The Hall–Kier alpha value is -2.29. The second-order valence-corrected chi connectivity index (χ2v) is 13.0. The van der Waals surface area contributed by atoms with E-state index >= 15 is 0 Å². The Bertz CT molecular complexity index is 946. The van der Waals surface area contributed by atoms with Crippen LogP contribution in [0.1, 0.15) is 118 Å². The summed E-state index contributed by atoms with van der Waals surface area (Å²) in [6.45, 7) is 7.63. The number of rotatable bonds is 6. The first-order valence-corrected chi connectivity index (χ1v) is 15.7. The Labute approximate surface area is 245 Å². The molecule has 0 radical (unpaired) electrons. The van der Waals surface area contributed by atoms with E-state index in [1.54, 1.807) is 4.90 Å². The van der Waals surface area contributed by atoms with E-state index in [1.165, 1.54) is 14.0 Å². The quantitative estimate of drug-likeness (QED) is 0.407. The predicted molar refractivity (Wildman–Crippen MR) is 153 cm³/mol. The van der Waals surface area contributed by atoms with Crippen LogP contribution in [0.4, 0.5) is 0 Å². The fraction of sp³-hybridized carbons (Fsp3) is 0.844. The summed E-state index contributed by atoms with van der Waals surface area (Å²) in [6, 6.07) is -0.627. The molecule has 3 fully saturated rings. The van der Waals surface area contributed by atoms with Crippen LogP contribution in [0.15, 0.2) is 0 Å². The van der Waals surface area contributed by atoms with Crippen LogP contribution in [0.2, 0.25) is 0 Å². The Morgan fingerprint density at radius 2 is 1.59 bits per heavy atom. The van der Waals surface area contributed by atoms with Crippen molar-refractivity contribution in [1.82, 2.24) is 4.90 Å². The minimum atomic E-state index is -1.13. The van der Waals surface area contributed by atoms with E-state index < -0.39 is 30.0 Å². The third kappa shape index (κ3) is 9.35. The molecule has 9 heteroatoms. The van der Waals surface area contributed by atoms with Gasteiger partial charge in [-0.3, -0.25) is 24.0 Å². The van der Waals surface area contributed by atoms with Gasteiger partial charge in [-0.15, -0.1) is 0 Å². The second kappa shape index (κ2) is 15.3. The van der Waals surface area contributed by atoms with Gasteiger partial charge >= 0.3 is 11.9 Å². The van der Waals surface area contributed by atoms with Crippen molar-refractivity contribution in [3.8, 4) is 0 Å². The number of hydrogen-bond donors (Lipinski definition) is 0. The van der Waals surface area contributed by atoms with Crippen molar-refractivity contribution >= 4 is 29.4 Å². The maximum atomic E-state index is 14.2. The van der Waals surface area contributed by atoms with Crippen molar-refractivity contribution in [3.05, 3.63) is 0 Å². The van der Waals surface area contributed by atoms with Crippen LogP contribution in [-0.2, 0) is 38.2 Å². The van der Waals surface area contributed by atoms with Crippen molar-refractivity contribution in [3.63, 3.8) is 0 Å². The maximum absolute atomic E-state index is 14.2. The van der Waals surface area contributed by atoms with Gasteiger partial charge in [0.1, 0.15) is 0 Å². The smallest absolute Gasteiger partial charge is 0.305 e. The molecular formula is C32H51NO8. The first-order valence-electron chi connectivity index (χ1n) is 15.7. The average molecular weight is 578 g/mol. The molecule has 0 aromatic carbocycles. The van der Waals surface area contributed by atoms with Crippen LogP contribution in [0.3, 0.4) is 0 Å². The first-order chi connectivity index (χ1) is 19.4. The molecule has 3 aliphatic rings. The third-order valence-corrected chi connectivity index (χ3v) is 9.09. The number of methoxy groups -OCH3 is 1. The molecule has 9 nitrogen and oxygen atoms in total. The fourth-order valence-corrected chi connectivity index (χ4v) is 7.05. The number of nitrogens with zero attached hydrogens (tertiary/aromatic N) is 1. The fourth-order valence-electron chi connectivity index (χ4n) is 7.05. The van der Waals surface area contributed by atoms with Gasteiger partial charge in [-0.1, -0.05) is 58.3 Å². The van der Waals surface area contributed by atoms with Crippen molar-refractivity contribution in [2.75, 3.05) is 13.7 Å². The number of hydrogen-bond acceptors (Lipinski definition) is 8. The van der Waals surface area contributed by atoms with Crippen LogP contribution in [0, 0.1) is 17.8 Å². The Morgan fingerprint density at radius 3 is 2.20 bits per heavy atom. The van der Waals surface area contributed by atoms with Gasteiger partial charge in [0.25, 0.3) is 0 Å². The molecule has 3 aliphatic heterocycles. The molecular weight excluding hydrogens is 526 g/mol. The van der Waals surface area contributed by atoms with Gasteiger partial charge < -0.3 is 19.1 Å². The van der Waals surface area contributed by atoms with Crippen molar-refractivity contribution in [2.24, 2.45) is 17.8 Å². The molecule has 1 amide bonds. The van der Waals surface area contributed by atoms with E-state index in [-0.39, 0.29) is 60.3 Å². The summed E-state index contributed by atoms with van der Waals surface area (Å²) in [5.41, 5.74) is -0.382. The molecule has 0 saturated carbocycles. The van der Waals surface area contributed by atoms with Gasteiger partial charge in [-0.05, 0) is 33.1 Å². The van der Waals surface area contributed by atoms with Gasteiger partial charge in [0.2, 0.25) is 5.91 Å². The number of Topliss-reactive ketones (excluding diaryl/α,β-unsaturated/α-hetero) is 2. The third-order valence-electron chi connectivity index (χ3n) is 9.09. The van der Waals surface area contributed by atoms with Gasteiger partial charge in [-0.25, -0.2) is 0 Å². The monoisotopic (exact) mass is 577 g/mol. The van der Waals surface area contributed by atoms with Crippen LogP contribution in [0.5, 0.6) is 0 Å². The largest absolute Gasteiger partial charge is 0.469 e. The molecule has 0 aliphatic carbocycles. The molecule has 0 aromatic rings. The van der Waals surface area contributed by atoms with Crippen molar-refractivity contribution < 1.29 is 38.2 Å². The Kier molecular flexibility index (Phi) is 12.4. The summed E-state index contributed by atoms with van der Waals surface area (Å²) >= 11 is 0. The van der Waals surface area contributed by atoms with E-state index in [1.807, 2.05) is 20.8 Å². The molecule has 3 rings (SSSR count). The van der Waals surface area contributed by atoms with Crippen LogP contribution in [0.25, 0.3) is 0 Å². The summed E-state index contributed by atoms with van der Waals surface area (Å²) in [7, 11) is 1.26. The van der Waals surface area contributed by atoms with Crippen molar-refractivity contribution in [2.45, 2.75) is 141 Å². The van der Waals surface area contributed by atoms with Gasteiger partial charge in [0.05, 0.1) is 31.3 Å². The van der Waals surface area contributed by atoms with Gasteiger partial charge in [0.15, 0.2) is 17.7 Å². The van der Waals surface area contributed by atoms with Gasteiger partial charge in [0, 0.05) is 44.1 Å². The number of ketones is 2. The molecule has 0 spiro atoms. The number of amides is 1. The normalized spacial score (nSPS) is 30.6. The highest BCUT2D eigenvalue weighted by Crippen LogP contribution is 2.44. The standard InChI is InChI=1S/C32H51NO8/c1-21-14-12-10-8-6-7-9-11-13-15-23(30(40-22(2)34)25(35)16-17-28(37)39-5)18-26(36)29-24-19-32(3,4)41-27(24)20-33(29)31(21)38/h21,23-24,27,29-30H,6-20H2,1-5H3/t21-,23+,24-,27?,29?,30?/m0/s1. The first kappa shape index (κ1) is 33.2. The lowest BCUT2D eigenvalue weighted by Gasteiger charge is -2.32. The zero-order valence-electron chi connectivity index (χ0n) is 25.8. The highest BCUT2D eigenvalue weighted by Gasteiger charge is 2.55. The summed E-state index contributed by atoms with van der Waals surface area (Å²) < 4.78 is 16.5. The molecule has 232 valence electrons. The Balaban J connectivity index is 1.90. The van der Waals surface area contributed by atoms with Crippen molar-refractivity contribution in [1.29, 1.82) is 0 Å². The van der Waals surface area contributed by atoms with Gasteiger partial charge in [-0.2, -0.15) is 0 Å². The van der Waals surface area contributed by atoms with E-state index in [0.717, 1.165) is 57.8 Å². The lowest BCUT2D eigenvalue weighted by atomic mass is 9.81. The maximum Gasteiger partial charge on any atom is 0.305 e. The highest BCUT2D eigenvalue weighted by atomic mass is 16.5. The zero-order valence-corrected chi connectivity index (χ0v) is 25.8. The van der Waals surface area contributed by atoms with E-state index in [4.69, 9.17) is 9.47 Å². The zero-order chi connectivity index (χ0) is 30.2. The molecule has 3 heterocycles. The lowest BCUT2D eigenvalue weighted by Crippen LogP contribution is -2.47. The Morgan fingerprint density at radius 1 is 0.976 bits per heavy atom. The molecule has 0 aromatic heterocycles. The molecule has 3 unspecified atom stereocenters. The minimum Gasteiger partial charge on any atom is -0.469 e. The number of carbonyl (C=O) groups excluding carboxylic acids is 5. The summed E-state index contributed by atoms with van der Waals surface area (Å²) in [5.74, 6) is -2.45. The molecule has 41 heavy (non-hydrogen) atoms. The summed E-state index contributed by atoms with van der Waals surface area (Å²) in [5, 5.41) is 0. The number of carbonyl (C=O) groups is 5. The molecule has 0 bridgehead atoms. The SMILES string of the molecule is COC(=O)CCC(=O)C(OC(C)=O)[C@@H]1CCCCCCCCCC[C@H](C)C(=O)N2CC3OC(C)(C)C[C@@H]3C2C(=O)C1. The minimum absolute atomic E-state index is 0.00860. The van der Waals surface area contributed by atoms with E-state index in [2.05, 4.69) is 4.74 Å². The number of esters is 2. The molecule has 3 saturated heterocycles. The van der Waals surface area contributed by atoms with Crippen LogP contribution < -0.4 is 0 Å². The lowest BCUT2D eigenvalue weighted by molar-refractivity contribution is -0.158.